The fraction of sp³-hybridized carbons (Fsp3) is 0.250. The fourth-order valence-corrected chi connectivity index (χ4v) is 2.41. The van der Waals surface area contributed by atoms with Crippen molar-refractivity contribution in [3.63, 3.8) is 0 Å². The van der Waals surface area contributed by atoms with E-state index in [2.05, 4.69) is 10.2 Å². The lowest BCUT2D eigenvalue weighted by Gasteiger charge is -2.12. The number of benzene rings is 1. The fourth-order valence-electron chi connectivity index (χ4n) is 1.61. The number of aromatic nitrogens is 3. The number of nitrogens with zero attached hydrogens (tertiary/aromatic N) is 3. The lowest BCUT2D eigenvalue weighted by Crippen LogP contribution is -2.03. The van der Waals surface area contributed by atoms with Crippen molar-refractivity contribution >= 4 is 29.3 Å². The van der Waals surface area contributed by atoms with Gasteiger partial charge in [0.15, 0.2) is 5.16 Å². The van der Waals surface area contributed by atoms with Gasteiger partial charge in [0.2, 0.25) is 0 Å². The van der Waals surface area contributed by atoms with Gasteiger partial charge in [0.25, 0.3) is 0 Å². The summed E-state index contributed by atoms with van der Waals surface area (Å²) < 4.78 is 6.98. The summed E-state index contributed by atoms with van der Waals surface area (Å²) in [5, 5.41) is 17.5. The van der Waals surface area contributed by atoms with Crippen LogP contribution in [0.15, 0.2) is 23.6 Å². The van der Waals surface area contributed by atoms with Crippen LogP contribution in [0.5, 0.6) is 5.75 Å². The molecule has 0 saturated heterocycles. The quantitative estimate of drug-likeness (QED) is 0.854. The summed E-state index contributed by atoms with van der Waals surface area (Å²) in [6.45, 7) is 1.87. The van der Waals surface area contributed by atoms with Gasteiger partial charge in [-0.15, -0.1) is 10.2 Å². The van der Waals surface area contributed by atoms with Crippen molar-refractivity contribution in [2.75, 3.05) is 12.9 Å². The molecule has 0 aliphatic heterocycles. The molecule has 0 atom stereocenters. The maximum absolute atomic E-state index is 10.6. The van der Waals surface area contributed by atoms with Crippen LogP contribution in [0.3, 0.4) is 0 Å². The molecule has 1 aromatic carbocycles. The number of carboxylic acid groups (broad SMARTS) is 1. The normalized spacial score (nSPS) is 10.6. The highest BCUT2D eigenvalue weighted by molar-refractivity contribution is 7.99. The lowest BCUT2D eigenvalue weighted by molar-refractivity contribution is -0.133. The van der Waals surface area contributed by atoms with Crippen molar-refractivity contribution in [2.24, 2.45) is 0 Å². The highest BCUT2D eigenvalue weighted by Crippen LogP contribution is 2.31. The molecule has 6 nitrogen and oxygen atoms in total. The Labute approximate surface area is 124 Å². The van der Waals surface area contributed by atoms with E-state index >= 15 is 0 Å². The zero-order valence-electron chi connectivity index (χ0n) is 10.8. The highest BCUT2D eigenvalue weighted by atomic mass is 35.5. The average molecular weight is 314 g/mol. The Kier molecular flexibility index (Phi) is 4.51. The topological polar surface area (TPSA) is 77.2 Å². The van der Waals surface area contributed by atoms with Gasteiger partial charge in [-0.25, -0.2) is 0 Å². The number of halogens is 1. The summed E-state index contributed by atoms with van der Waals surface area (Å²) >= 11 is 7.15. The largest absolute Gasteiger partial charge is 0.495 e. The number of thioether (sulfide) groups is 1. The molecule has 0 amide bonds. The number of hydrogen-bond acceptors (Lipinski definition) is 5. The van der Waals surface area contributed by atoms with Gasteiger partial charge in [0.1, 0.15) is 12.1 Å². The highest BCUT2D eigenvalue weighted by Gasteiger charge is 2.14. The SMILES string of the molecule is COc1cc(Cl)c(C)cc1-n1cnnc1SCC(=O)O. The lowest BCUT2D eigenvalue weighted by atomic mass is 10.2. The van der Waals surface area contributed by atoms with Gasteiger partial charge in [-0.1, -0.05) is 23.4 Å². The Hall–Kier alpha value is -1.73. The first-order valence-corrected chi connectivity index (χ1v) is 6.98. The molecule has 0 radical (unpaired) electrons. The average Bonchev–Trinajstić information content (AvgIpc) is 2.87. The number of rotatable bonds is 5. The van der Waals surface area contributed by atoms with Crippen molar-refractivity contribution < 1.29 is 14.6 Å². The smallest absolute Gasteiger partial charge is 0.313 e. The molecule has 0 aliphatic rings. The van der Waals surface area contributed by atoms with Crippen molar-refractivity contribution in [2.45, 2.75) is 12.1 Å². The summed E-state index contributed by atoms with van der Waals surface area (Å²) in [5.74, 6) is -0.436. The molecule has 0 aliphatic carbocycles. The van der Waals surface area contributed by atoms with E-state index in [0.29, 0.717) is 21.6 Å². The molecule has 1 heterocycles. The molecule has 0 spiro atoms. The van der Waals surface area contributed by atoms with Crippen LogP contribution in [-0.2, 0) is 4.79 Å². The first-order valence-electron chi connectivity index (χ1n) is 5.62. The number of hydrogen-bond donors (Lipinski definition) is 1. The second-order valence-corrected chi connectivity index (χ2v) is 5.29. The number of ether oxygens (including phenoxy) is 1. The minimum atomic E-state index is -0.913. The summed E-state index contributed by atoms with van der Waals surface area (Å²) in [5.41, 5.74) is 1.60. The summed E-state index contributed by atoms with van der Waals surface area (Å²) in [6, 6.07) is 3.55. The number of methoxy groups -OCH3 is 1. The second-order valence-electron chi connectivity index (χ2n) is 3.94. The molecule has 1 aromatic heterocycles. The Bertz CT molecular complexity index is 645. The maximum Gasteiger partial charge on any atom is 0.313 e. The van der Waals surface area contributed by atoms with Gasteiger partial charge in [-0.05, 0) is 18.6 Å². The molecule has 0 saturated carbocycles. The Morgan fingerprint density at radius 2 is 2.30 bits per heavy atom. The van der Waals surface area contributed by atoms with Crippen LogP contribution in [-0.4, -0.2) is 38.7 Å². The number of carboxylic acids is 1. The first-order chi connectivity index (χ1) is 9.52. The zero-order chi connectivity index (χ0) is 14.7. The molecular formula is C12H12ClN3O3S. The molecule has 2 aromatic rings. The van der Waals surface area contributed by atoms with E-state index in [4.69, 9.17) is 21.4 Å². The summed E-state index contributed by atoms with van der Waals surface area (Å²) in [7, 11) is 1.54. The molecule has 1 N–H and O–H groups in total. The number of aliphatic carboxylic acids is 1. The van der Waals surface area contributed by atoms with Crippen LogP contribution < -0.4 is 4.74 Å². The van der Waals surface area contributed by atoms with Crippen LogP contribution in [0.2, 0.25) is 5.02 Å². The molecule has 0 fully saturated rings. The van der Waals surface area contributed by atoms with E-state index in [0.717, 1.165) is 17.3 Å². The summed E-state index contributed by atoms with van der Waals surface area (Å²) in [4.78, 5) is 10.6. The van der Waals surface area contributed by atoms with Crippen LogP contribution in [0.1, 0.15) is 5.56 Å². The van der Waals surface area contributed by atoms with Gasteiger partial charge >= 0.3 is 5.97 Å². The predicted octanol–water partition coefficient (Wildman–Crippen LogP) is 2.41. The second kappa shape index (κ2) is 6.15. The molecule has 0 unspecified atom stereocenters. The third-order valence-electron chi connectivity index (χ3n) is 2.56. The predicted molar refractivity (Wildman–Crippen MR) is 76.0 cm³/mol. The van der Waals surface area contributed by atoms with Crippen molar-refractivity contribution in [1.82, 2.24) is 14.8 Å². The monoisotopic (exact) mass is 313 g/mol. The van der Waals surface area contributed by atoms with E-state index in [1.165, 1.54) is 6.33 Å². The van der Waals surface area contributed by atoms with Crippen LogP contribution in [0, 0.1) is 6.92 Å². The minimum absolute atomic E-state index is 0.0897. The molecule has 106 valence electrons. The van der Waals surface area contributed by atoms with Gasteiger partial charge in [0, 0.05) is 11.1 Å². The number of aryl methyl sites for hydroxylation is 1. The van der Waals surface area contributed by atoms with Crippen LogP contribution in [0.25, 0.3) is 5.69 Å². The van der Waals surface area contributed by atoms with Gasteiger partial charge < -0.3 is 9.84 Å². The molecule has 8 heteroatoms. The molecule has 20 heavy (non-hydrogen) atoms. The van der Waals surface area contributed by atoms with Crippen LogP contribution >= 0.6 is 23.4 Å². The van der Waals surface area contributed by atoms with Gasteiger partial charge in [-0.3, -0.25) is 9.36 Å². The Morgan fingerprint density at radius 1 is 1.55 bits per heavy atom. The van der Waals surface area contributed by atoms with E-state index in [-0.39, 0.29) is 5.75 Å². The Morgan fingerprint density at radius 3 is 2.95 bits per heavy atom. The molecular weight excluding hydrogens is 302 g/mol. The molecule has 0 bridgehead atoms. The third-order valence-corrected chi connectivity index (χ3v) is 3.90. The van der Waals surface area contributed by atoms with Crippen LogP contribution in [0.4, 0.5) is 0 Å². The first kappa shape index (κ1) is 14.7. The third kappa shape index (κ3) is 3.05. The standard InChI is InChI=1S/C12H12ClN3O3S/c1-7-3-9(10(19-2)4-8(7)13)16-6-14-15-12(16)20-5-11(17)18/h3-4,6H,5H2,1-2H3,(H,17,18). The van der Waals surface area contributed by atoms with E-state index in [1.807, 2.05) is 13.0 Å². The Balaban J connectivity index is 2.44. The zero-order valence-corrected chi connectivity index (χ0v) is 12.4. The minimum Gasteiger partial charge on any atom is -0.495 e. The maximum atomic E-state index is 10.6. The van der Waals surface area contributed by atoms with Crippen molar-refractivity contribution in [3.05, 3.63) is 29.0 Å². The van der Waals surface area contributed by atoms with E-state index < -0.39 is 5.97 Å². The van der Waals surface area contributed by atoms with E-state index in [9.17, 15) is 4.79 Å². The van der Waals surface area contributed by atoms with Crippen molar-refractivity contribution in [3.8, 4) is 11.4 Å². The van der Waals surface area contributed by atoms with E-state index in [1.54, 1.807) is 17.7 Å². The van der Waals surface area contributed by atoms with Gasteiger partial charge in [-0.2, -0.15) is 0 Å². The molecule has 2 rings (SSSR count). The van der Waals surface area contributed by atoms with Crippen molar-refractivity contribution in [1.29, 1.82) is 0 Å². The van der Waals surface area contributed by atoms with Gasteiger partial charge in [0.05, 0.1) is 18.6 Å². The summed E-state index contributed by atoms with van der Waals surface area (Å²) in [6.07, 6.45) is 1.51. The number of carbonyl (C=O) groups is 1.